The lowest BCUT2D eigenvalue weighted by Crippen LogP contribution is -2.50. The van der Waals surface area contributed by atoms with E-state index >= 15 is 0 Å². The molecule has 2 amide bonds. The molecule has 1 saturated heterocycles. The van der Waals surface area contributed by atoms with E-state index in [0.29, 0.717) is 18.1 Å². The maximum absolute atomic E-state index is 12.6. The first kappa shape index (κ1) is 18.6. The Morgan fingerprint density at radius 1 is 1.14 bits per heavy atom. The molecule has 1 aromatic heterocycles. The van der Waals surface area contributed by atoms with Crippen molar-refractivity contribution in [2.45, 2.75) is 20.4 Å². The minimum atomic E-state index is -0.0939. The predicted molar refractivity (Wildman–Crippen MR) is 114 cm³/mol. The highest BCUT2D eigenvalue weighted by atomic mass is 35.5. The van der Waals surface area contributed by atoms with E-state index in [0.717, 1.165) is 47.9 Å². The number of aryl methyl sites for hydroxylation is 2. The van der Waals surface area contributed by atoms with Crippen molar-refractivity contribution in [2.75, 3.05) is 36.4 Å². The Bertz CT molecular complexity index is 1010. The summed E-state index contributed by atoms with van der Waals surface area (Å²) in [6.07, 6.45) is 0. The van der Waals surface area contributed by atoms with Gasteiger partial charge >= 0.3 is 6.03 Å². The van der Waals surface area contributed by atoms with Crippen molar-refractivity contribution in [3.8, 4) is 0 Å². The molecule has 1 aliphatic rings. The van der Waals surface area contributed by atoms with E-state index in [1.807, 2.05) is 42.2 Å². The molecule has 0 unspecified atom stereocenters. The molecule has 146 valence electrons. The Morgan fingerprint density at radius 3 is 2.61 bits per heavy atom. The molecule has 1 aliphatic heterocycles. The number of aromatic nitrogens is 2. The molecule has 2 aromatic carbocycles. The summed E-state index contributed by atoms with van der Waals surface area (Å²) in [5, 5.41) is 3.60. The third kappa shape index (κ3) is 3.52. The average Bonchev–Trinajstić information content (AvgIpc) is 3.09. The maximum atomic E-state index is 12.6. The number of halogens is 1. The molecular weight excluding hydrogens is 374 g/mol. The van der Waals surface area contributed by atoms with Gasteiger partial charge in [-0.3, -0.25) is 0 Å². The van der Waals surface area contributed by atoms with Crippen LogP contribution in [0.15, 0.2) is 42.5 Å². The lowest BCUT2D eigenvalue weighted by molar-refractivity contribution is 0.208. The van der Waals surface area contributed by atoms with E-state index in [1.54, 1.807) is 6.07 Å². The van der Waals surface area contributed by atoms with Crippen LogP contribution in [0.2, 0.25) is 5.02 Å². The number of urea groups is 1. The summed E-state index contributed by atoms with van der Waals surface area (Å²) >= 11 is 6.15. The zero-order chi connectivity index (χ0) is 19.7. The first-order valence-corrected chi connectivity index (χ1v) is 9.97. The highest BCUT2D eigenvalue weighted by Gasteiger charge is 2.24. The van der Waals surface area contributed by atoms with Gasteiger partial charge in [-0.1, -0.05) is 29.8 Å². The Hall–Kier alpha value is -2.73. The van der Waals surface area contributed by atoms with Crippen molar-refractivity contribution in [3.63, 3.8) is 0 Å². The fourth-order valence-electron chi connectivity index (χ4n) is 3.60. The second-order valence-electron chi connectivity index (χ2n) is 7.01. The van der Waals surface area contributed by atoms with E-state index in [1.165, 1.54) is 0 Å². The topological polar surface area (TPSA) is 53.4 Å². The smallest absolute Gasteiger partial charge is 0.321 e. The zero-order valence-electron chi connectivity index (χ0n) is 16.2. The molecule has 3 aromatic rings. The summed E-state index contributed by atoms with van der Waals surface area (Å²) in [6, 6.07) is 13.7. The van der Waals surface area contributed by atoms with Crippen molar-refractivity contribution < 1.29 is 4.79 Å². The Labute approximate surface area is 169 Å². The van der Waals surface area contributed by atoms with Crippen molar-refractivity contribution in [1.82, 2.24) is 14.5 Å². The number of imidazole rings is 1. The summed E-state index contributed by atoms with van der Waals surface area (Å²) in [7, 11) is 0. The van der Waals surface area contributed by atoms with Crippen LogP contribution in [0.4, 0.5) is 16.4 Å². The van der Waals surface area contributed by atoms with Crippen molar-refractivity contribution in [1.29, 1.82) is 0 Å². The Balaban J connectivity index is 1.43. The van der Waals surface area contributed by atoms with Crippen LogP contribution in [0.25, 0.3) is 11.0 Å². The van der Waals surface area contributed by atoms with Gasteiger partial charge in [0.05, 0.1) is 11.0 Å². The Morgan fingerprint density at radius 2 is 1.89 bits per heavy atom. The number of carbonyl (C=O) groups excluding carboxylic acids is 1. The Kier molecular flexibility index (Phi) is 5.13. The standard InChI is InChI=1S/C21H24ClN5O/c1-3-27-19-7-5-4-6-18(19)24-20(27)25-10-12-26(13-11-25)21(28)23-16-9-8-15(2)17(22)14-16/h4-9,14H,3,10-13H2,1-2H3,(H,23,28). The molecule has 1 N–H and O–H groups in total. The van der Waals surface area contributed by atoms with Crippen LogP contribution in [0.3, 0.4) is 0 Å². The molecule has 0 bridgehead atoms. The molecule has 28 heavy (non-hydrogen) atoms. The van der Waals surface area contributed by atoms with E-state index < -0.39 is 0 Å². The van der Waals surface area contributed by atoms with Crippen LogP contribution in [-0.4, -0.2) is 46.7 Å². The predicted octanol–water partition coefficient (Wildman–Crippen LogP) is 4.37. The molecule has 0 radical (unpaired) electrons. The number of para-hydroxylation sites is 2. The van der Waals surface area contributed by atoms with Crippen molar-refractivity contribution in [2.24, 2.45) is 0 Å². The van der Waals surface area contributed by atoms with E-state index in [2.05, 4.69) is 27.8 Å². The molecule has 0 aliphatic carbocycles. The lowest BCUT2D eigenvalue weighted by atomic mass is 10.2. The highest BCUT2D eigenvalue weighted by Crippen LogP contribution is 2.24. The number of hydrogen-bond acceptors (Lipinski definition) is 3. The number of hydrogen-bond donors (Lipinski definition) is 1. The molecular formula is C21H24ClN5O. The fraction of sp³-hybridized carbons (Fsp3) is 0.333. The minimum Gasteiger partial charge on any atom is -0.339 e. The number of nitrogens with one attached hydrogen (secondary N) is 1. The molecule has 0 saturated carbocycles. The van der Waals surface area contributed by atoms with Crippen LogP contribution in [0, 0.1) is 6.92 Å². The molecule has 7 heteroatoms. The van der Waals surface area contributed by atoms with Gasteiger partial charge in [-0.05, 0) is 43.7 Å². The third-order valence-electron chi connectivity index (χ3n) is 5.22. The van der Waals surface area contributed by atoms with Gasteiger partial charge in [-0.15, -0.1) is 0 Å². The molecule has 4 rings (SSSR count). The minimum absolute atomic E-state index is 0.0939. The number of amides is 2. The van der Waals surface area contributed by atoms with E-state index in [9.17, 15) is 4.79 Å². The van der Waals surface area contributed by atoms with Crippen LogP contribution in [-0.2, 0) is 6.54 Å². The summed E-state index contributed by atoms with van der Waals surface area (Å²) in [4.78, 5) is 21.5. The van der Waals surface area contributed by atoms with Crippen LogP contribution >= 0.6 is 11.6 Å². The highest BCUT2D eigenvalue weighted by molar-refractivity contribution is 6.31. The molecule has 2 heterocycles. The number of fused-ring (bicyclic) bond motifs is 1. The van der Waals surface area contributed by atoms with Gasteiger partial charge in [0.25, 0.3) is 0 Å². The van der Waals surface area contributed by atoms with E-state index in [4.69, 9.17) is 16.6 Å². The lowest BCUT2D eigenvalue weighted by Gasteiger charge is -2.35. The van der Waals surface area contributed by atoms with Crippen LogP contribution < -0.4 is 10.2 Å². The molecule has 0 atom stereocenters. The summed E-state index contributed by atoms with van der Waals surface area (Å²) in [6.45, 7) is 7.75. The van der Waals surface area contributed by atoms with E-state index in [-0.39, 0.29) is 6.03 Å². The maximum Gasteiger partial charge on any atom is 0.321 e. The molecule has 0 spiro atoms. The van der Waals surface area contributed by atoms with Gasteiger partial charge in [-0.25, -0.2) is 9.78 Å². The van der Waals surface area contributed by atoms with Gasteiger partial charge in [-0.2, -0.15) is 0 Å². The quantitative estimate of drug-likeness (QED) is 0.713. The number of rotatable bonds is 3. The fourth-order valence-corrected chi connectivity index (χ4v) is 3.78. The third-order valence-corrected chi connectivity index (χ3v) is 5.63. The monoisotopic (exact) mass is 397 g/mol. The SMILES string of the molecule is CCn1c(N2CCN(C(=O)Nc3ccc(C)c(Cl)c3)CC2)nc2ccccc21. The second kappa shape index (κ2) is 7.72. The second-order valence-corrected chi connectivity index (χ2v) is 7.42. The molecule has 6 nitrogen and oxygen atoms in total. The van der Waals surface area contributed by atoms with Crippen molar-refractivity contribution >= 4 is 40.3 Å². The summed E-state index contributed by atoms with van der Waals surface area (Å²) in [5.41, 5.74) is 3.87. The normalized spacial score (nSPS) is 14.5. The summed E-state index contributed by atoms with van der Waals surface area (Å²) < 4.78 is 2.24. The van der Waals surface area contributed by atoms with Gasteiger partial charge in [0.2, 0.25) is 5.95 Å². The van der Waals surface area contributed by atoms with Crippen LogP contribution in [0.1, 0.15) is 12.5 Å². The number of piperazine rings is 1. The number of anilines is 2. The van der Waals surface area contributed by atoms with Crippen molar-refractivity contribution in [3.05, 3.63) is 53.1 Å². The number of carbonyl (C=O) groups is 1. The van der Waals surface area contributed by atoms with Gasteiger partial charge in [0.1, 0.15) is 0 Å². The average molecular weight is 398 g/mol. The number of benzene rings is 2. The van der Waals surface area contributed by atoms with Gasteiger partial charge in [0.15, 0.2) is 0 Å². The van der Waals surface area contributed by atoms with Gasteiger partial charge in [0, 0.05) is 43.4 Å². The first-order valence-electron chi connectivity index (χ1n) is 9.59. The van der Waals surface area contributed by atoms with Crippen LogP contribution in [0.5, 0.6) is 0 Å². The molecule has 1 fully saturated rings. The largest absolute Gasteiger partial charge is 0.339 e. The zero-order valence-corrected chi connectivity index (χ0v) is 16.9. The number of nitrogens with zero attached hydrogens (tertiary/aromatic N) is 4. The van der Waals surface area contributed by atoms with Gasteiger partial charge < -0.3 is 19.7 Å². The summed E-state index contributed by atoms with van der Waals surface area (Å²) in [5.74, 6) is 0.981. The first-order chi connectivity index (χ1) is 13.6.